The number of anilines is 2. The third-order valence-electron chi connectivity index (χ3n) is 5.49. The van der Waals surface area contributed by atoms with Gasteiger partial charge in [-0.2, -0.15) is 0 Å². The Morgan fingerprint density at radius 1 is 0.886 bits per heavy atom. The first-order chi connectivity index (χ1) is 17.0. The van der Waals surface area contributed by atoms with Crippen LogP contribution in [0.25, 0.3) is 11.0 Å². The Balaban J connectivity index is 1.41. The predicted molar refractivity (Wildman–Crippen MR) is 125 cm³/mol. The fourth-order valence-electron chi connectivity index (χ4n) is 3.75. The summed E-state index contributed by atoms with van der Waals surface area (Å²) in [4.78, 5) is 40.7. The molecule has 10 heteroatoms. The molecule has 0 unspecified atom stereocenters. The molecule has 1 saturated heterocycles. The van der Waals surface area contributed by atoms with Gasteiger partial charge in [0.25, 0.3) is 5.91 Å². The Morgan fingerprint density at radius 3 is 2.49 bits per heavy atom. The Kier molecular flexibility index (Phi) is 6.11. The van der Waals surface area contributed by atoms with Crippen molar-refractivity contribution in [2.45, 2.75) is 0 Å². The van der Waals surface area contributed by atoms with Crippen molar-refractivity contribution in [3.63, 3.8) is 0 Å². The van der Waals surface area contributed by atoms with E-state index in [1.807, 2.05) is 4.90 Å². The molecule has 1 aliphatic rings. The standard InChI is InChI=1S/C25H19F2N5O3/c26-17-3-1-2-15(8-17)25(34)30-19-10-16(9-18(27)11-19)24(33)21-12-20-22(13-28-21)29-14-23(31-20)32-4-6-35-7-5-32/h1-3,8-14H,4-7H2,(H,30,34). The second-order valence-electron chi connectivity index (χ2n) is 7.91. The fraction of sp³-hybridized carbons (Fsp3) is 0.160. The van der Waals surface area contributed by atoms with Gasteiger partial charge in [-0.05, 0) is 42.5 Å². The second kappa shape index (κ2) is 9.51. The van der Waals surface area contributed by atoms with Gasteiger partial charge < -0.3 is 15.0 Å². The quantitative estimate of drug-likeness (QED) is 0.441. The molecule has 2 aromatic carbocycles. The summed E-state index contributed by atoms with van der Waals surface area (Å²) in [6.07, 6.45) is 3.08. The van der Waals surface area contributed by atoms with Gasteiger partial charge >= 0.3 is 0 Å². The maximum absolute atomic E-state index is 14.3. The number of morpholine rings is 1. The minimum absolute atomic E-state index is 0.0105. The normalized spacial score (nSPS) is 13.6. The number of nitrogens with zero attached hydrogens (tertiary/aromatic N) is 4. The molecule has 176 valence electrons. The number of ether oxygens (including phenoxy) is 1. The summed E-state index contributed by atoms with van der Waals surface area (Å²) in [5.41, 5.74) is 1.15. The topological polar surface area (TPSA) is 97.3 Å². The molecule has 4 aromatic rings. The van der Waals surface area contributed by atoms with Gasteiger partial charge in [0, 0.05) is 29.9 Å². The van der Waals surface area contributed by atoms with E-state index in [0.29, 0.717) is 43.2 Å². The molecule has 2 aromatic heterocycles. The summed E-state index contributed by atoms with van der Waals surface area (Å²) >= 11 is 0. The van der Waals surface area contributed by atoms with Crippen LogP contribution in [0.15, 0.2) is 60.9 Å². The molecular weight excluding hydrogens is 456 g/mol. The summed E-state index contributed by atoms with van der Waals surface area (Å²) in [5.74, 6) is -1.82. The molecule has 1 aliphatic heterocycles. The number of aromatic nitrogens is 3. The number of nitrogens with one attached hydrogen (secondary N) is 1. The Bertz CT molecular complexity index is 1440. The molecular formula is C25H19F2N5O3. The predicted octanol–water partition coefficient (Wildman–Crippen LogP) is 3.62. The lowest BCUT2D eigenvalue weighted by molar-refractivity contribution is 0.101. The second-order valence-corrected chi connectivity index (χ2v) is 7.91. The van der Waals surface area contributed by atoms with E-state index in [0.717, 1.165) is 18.2 Å². The molecule has 1 N–H and O–H groups in total. The van der Waals surface area contributed by atoms with Gasteiger partial charge in [-0.15, -0.1) is 0 Å². The highest BCUT2D eigenvalue weighted by molar-refractivity contribution is 6.10. The zero-order valence-corrected chi connectivity index (χ0v) is 18.4. The first-order valence-corrected chi connectivity index (χ1v) is 10.8. The van der Waals surface area contributed by atoms with Crippen molar-refractivity contribution in [2.24, 2.45) is 0 Å². The van der Waals surface area contributed by atoms with Crippen molar-refractivity contribution in [1.82, 2.24) is 15.0 Å². The van der Waals surface area contributed by atoms with E-state index in [4.69, 9.17) is 4.74 Å². The number of rotatable bonds is 5. The maximum Gasteiger partial charge on any atom is 0.255 e. The van der Waals surface area contributed by atoms with Crippen molar-refractivity contribution in [2.75, 3.05) is 36.5 Å². The summed E-state index contributed by atoms with van der Waals surface area (Å²) in [5, 5.41) is 2.49. The lowest BCUT2D eigenvalue weighted by atomic mass is 10.1. The number of hydrogen-bond donors (Lipinski definition) is 1. The van der Waals surface area contributed by atoms with E-state index in [-0.39, 0.29) is 22.5 Å². The van der Waals surface area contributed by atoms with Gasteiger partial charge in [0.15, 0.2) is 0 Å². The van der Waals surface area contributed by atoms with Crippen LogP contribution in [0.3, 0.4) is 0 Å². The van der Waals surface area contributed by atoms with E-state index in [1.54, 1.807) is 6.20 Å². The third-order valence-corrected chi connectivity index (χ3v) is 5.49. The highest BCUT2D eigenvalue weighted by Gasteiger charge is 2.17. The van der Waals surface area contributed by atoms with Crippen molar-refractivity contribution < 1.29 is 23.1 Å². The van der Waals surface area contributed by atoms with Crippen LogP contribution in [-0.2, 0) is 4.74 Å². The highest BCUT2D eigenvalue weighted by atomic mass is 19.1. The number of amides is 1. The Morgan fingerprint density at radius 2 is 1.69 bits per heavy atom. The van der Waals surface area contributed by atoms with Crippen molar-refractivity contribution in [3.8, 4) is 0 Å². The SMILES string of the molecule is O=C(Nc1cc(F)cc(C(=O)c2cc3nc(N4CCOCC4)cnc3cn2)c1)c1cccc(F)c1. The number of fused-ring (bicyclic) bond motifs is 1. The van der Waals surface area contributed by atoms with Gasteiger partial charge in [-0.1, -0.05) is 6.07 Å². The van der Waals surface area contributed by atoms with Crippen LogP contribution in [0.2, 0.25) is 0 Å². The number of pyridine rings is 1. The van der Waals surface area contributed by atoms with E-state index in [2.05, 4.69) is 20.3 Å². The van der Waals surface area contributed by atoms with Gasteiger partial charge in [-0.25, -0.2) is 18.7 Å². The number of carbonyl (C=O) groups is 2. The van der Waals surface area contributed by atoms with Crippen LogP contribution in [-0.4, -0.2) is 52.9 Å². The molecule has 0 bridgehead atoms. The molecule has 0 radical (unpaired) electrons. The number of ketones is 1. The smallest absolute Gasteiger partial charge is 0.255 e. The molecule has 0 spiro atoms. The van der Waals surface area contributed by atoms with Gasteiger partial charge in [-0.3, -0.25) is 14.6 Å². The fourth-order valence-corrected chi connectivity index (χ4v) is 3.75. The molecule has 1 fully saturated rings. The molecule has 1 amide bonds. The molecule has 0 saturated carbocycles. The summed E-state index contributed by atoms with van der Waals surface area (Å²) in [6, 6.07) is 10.1. The average molecular weight is 475 g/mol. The van der Waals surface area contributed by atoms with Crippen LogP contribution in [0.1, 0.15) is 26.4 Å². The average Bonchev–Trinajstić information content (AvgIpc) is 2.87. The minimum Gasteiger partial charge on any atom is -0.378 e. The molecule has 35 heavy (non-hydrogen) atoms. The van der Waals surface area contributed by atoms with Crippen molar-refractivity contribution in [1.29, 1.82) is 0 Å². The Hall–Kier alpha value is -4.31. The number of halogens is 2. The summed E-state index contributed by atoms with van der Waals surface area (Å²) in [7, 11) is 0. The van der Waals surface area contributed by atoms with Crippen LogP contribution in [0.5, 0.6) is 0 Å². The van der Waals surface area contributed by atoms with E-state index >= 15 is 0 Å². The molecule has 8 nitrogen and oxygen atoms in total. The largest absolute Gasteiger partial charge is 0.378 e. The van der Waals surface area contributed by atoms with Crippen LogP contribution in [0, 0.1) is 11.6 Å². The zero-order valence-electron chi connectivity index (χ0n) is 18.4. The van der Waals surface area contributed by atoms with Gasteiger partial charge in [0.1, 0.15) is 28.7 Å². The number of carbonyl (C=O) groups excluding carboxylic acids is 2. The van der Waals surface area contributed by atoms with Crippen LogP contribution >= 0.6 is 0 Å². The van der Waals surface area contributed by atoms with Crippen molar-refractivity contribution >= 4 is 34.2 Å². The summed E-state index contributed by atoms with van der Waals surface area (Å²) < 4.78 is 33.1. The minimum atomic E-state index is -0.722. The molecule has 0 atom stereocenters. The first kappa shape index (κ1) is 22.5. The van der Waals surface area contributed by atoms with Gasteiger partial charge in [0.05, 0.1) is 31.1 Å². The molecule has 3 heterocycles. The summed E-state index contributed by atoms with van der Waals surface area (Å²) in [6.45, 7) is 2.56. The Labute approximate surface area is 198 Å². The van der Waals surface area contributed by atoms with E-state index < -0.39 is 23.3 Å². The van der Waals surface area contributed by atoms with E-state index in [1.165, 1.54) is 36.5 Å². The zero-order chi connectivity index (χ0) is 24.4. The highest BCUT2D eigenvalue weighted by Crippen LogP contribution is 2.21. The first-order valence-electron chi connectivity index (χ1n) is 10.8. The lowest BCUT2D eigenvalue weighted by Crippen LogP contribution is -2.36. The van der Waals surface area contributed by atoms with Crippen LogP contribution in [0.4, 0.5) is 20.3 Å². The number of benzene rings is 2. The monoisotopic (exact) mass is 475 g/mol. The van der Waals surface area contributed by atoms with E-state index in [9.17, 15) is 18.4 Å². The maximum atomic E-state index is 14.3. The molecule has 5 rings (SSSR count). The molecule has 0 aliphatic carbocycles. The number of hydrogen-bond acceptors (Lipinski definition) is 7. The lowest BCUT2D eigenvalue weighted by Gasteiger charge is -2.27. The van der Waals surface area contributed by atoms with Crippen LogP contribution < -0.4 is 10.2 Å². The third kappa shape index (κ3) is 4.97. The van der Waals surface area contributed by atoms with Gasteiger partial charge in [0.2, 0.25) is 5.78 Å². The van der Waals surface area contributed by atoms with Crippen molar-refractivity contribution in [3.05, 3.63) is 89.4 Å².